The number of carboxylic acid groups (broad SMARTS) is 1. The summed E-state index contributed by atoms with van der Waals surface area (Å²) in [5, 5.41) is 19.3. The van der Waals surface area contributed by atoms with Crippen LogP contribution in [0.4, 0.5) is 10.7 Å². The highest BCUT2D eigenvalue weighted by Crippen LogP contribution is 2.38. The van der Waals surface area contributed by atoms with E-state index < -0.39 is 50.9 Å². The number of ether oxygens (including phenoxy) is 1. The van der Waals surface area contributed by atoms with Crippen molar-refractivity contribution in [1.82, 2.24) is 20.2 Å². The molecule has 2 unspecified atom stereocenters. The first-order valence-corrected chi connectivity index (χ1v) is 15.9. The van der Waals surface area contributed by atoms with E-state index in [1.54, 1.807) is 18.5 Å². The zero-order chi connectivity index (χ0) is 33.1. The number of carbonyl (C=O) groups excluding carboxylic acids is 2. The molecule has 3 atom stereocenters. The number of hydrogen-bond acceptors (Lipinski definition) is 11. The molecule has 0 aliphatic carbocycles. The molecule has 0 radical (unpaired) electrons. The first kappa shape index (κ1) is 32.4. The van der Waals surface area contributed by atoms with Gasteiger partial charge in [-0.25, -0.2) is 23.0 Å². The van der Waals surface area contributed by atoms with Crippen molar-refractivity contribution in [2.45, 2.75) is 54.7 Å². The Morgan fingerprint density at radius 2 is 1.89 bits per heavy atom. The Balaban J connectivity index is 1.27. The fourth-order valence-corrected chi connectivity index (χ4v) is 7.50. The van der Waals surface area contributed by atoms with E-state index in [0.717, 1.165) is 5.56 Å². The monoisotopic (exact) mass is 653 g/mol. The average Bonchev–Trinajstić information content (AvgIpc) is 3.78. The second-order valence-corrected chi connectivity index (χ2v) is 13.6. The number of nitrogens with zero attached hydrogens (tertiary/aromatic N) is 3. The lowest BCUT2D eigenvalue weighted by Gasteiger charge is -2.26. The van der Waals surface area contributed by atoms with E-state index in [9.17, 15) is 27.9 Å². The number of carboxylic acids is 1. The maximum atomic E-state index is 13.5. The van der Waals surface area contributed by atoms with E-state index in [2.05, 4.69) is 25.8 Å². The van der Waals surface area contributed by atoms with Gasteiger partial charge in [0.1, 0.15) is 12.3 Å². The van der Waals surface area contributed by atoms with Crippen molar-refractivity contribution in [1.29, 1.82) is 0 Å². The van der Waals surface area contributed by atoms with Crippen LogP contribution in [0.15, 0.2) is 71.0 Å². The molecule has 16 heteroatoms. The number of benzene rings is 2. The summed E-state index contributed by atoms with van der Waals surface area (Å²) in [6, 6.07) is 13.5. The Labute approximate surface area is 265 Å². The third-order valence-electron chi connectivity index (χ3n) is 8.08. The summed E-state index contributed by atoms with van der Waals surface area (Å²) in [6.07, 6.45) is 2.89. The Morgan fingerprint density at radius 1 is 1.17 bits per heavy atom. The predicted molar refractivity (Wildman–Crippen MR) is 165 cm³/mol. The van der Waals surface area contributed by atoms with Crippen LogP contribution < -0.4 is 16.4 Å². The lowest BCUT2D eigenvalue weighted by atomic mass is 9.94. The van der Waals surface area contributed by atoms with E-state index in [1.165, 1.54) is 30.9 Å². The molecule has 1 spiro atoms. The van der Waals surface area contributed by atoms with Crippen molar-refractivity contribution < 1.29 is 37.5 Å². The number of imidazole rings is 1. The van der Waals surface area contributed by atoms with E-state index in [-0.39, 0.29) is 43.1 Å². The number of anilines is 1. The molecule has 0 bridgehead atoms. The molecule has 1 saturated heterocycles. The summed E-state index contributed by atoms with van der Waals surface area (Å²) >= 11 is 0. The maximum absolute atomic E-state index is 13.5. The summed E-state index contributed by atoms with van der Waals surface area (Å²) < 4.78 is 32.6. The Hall–Kier alpha value is -4.96. The van der Waals surface area contributed by atoms with Gasteiger partial charge in [0.2, 0.25) is 14.7 Å². The normalized spacial score (nSPS) is 20.5. The van der Waals surface area contributed by atoms with E-state index in [4.69, 9.17) is 15.3 Å². The number of H-pyrrole nitrogens is 1. The van der Waals surface area contributed by atoms with Crippen LogP contribution in [-0.4, -0.2) is 88.2 Å². The predicted octanol–water partition coefficient (Wildman–Crippen LogP) is 1.69. The quantitative estimate of drug-likeness (QED) is 0.201. The standard InChI is InChI=1S/C30H35N7O8S/c1-19-7-6-8-20(2)24(19)46(42,43)30(31,26(39)40)17-35-25(38)23-14-29(45-36-23)13-22(15-34-27-32-11-12-33-27)37(18-29)28(41)44-16-21-9-4-3-5-10-21/h3-12,22H,13-18,31H2,1-2H3,(H,35,38)(H,39,40)(H2,32,33,34)/t22?,29?,30-/m0/s1. The van der Waals surface area contributed by atoms with Crippen LogP contribution in [-0.2, 0) is 35.6 Å². The average molecular weight is 654 g/mol. The van der Waals surface area contributed by atoms with Crippen LogP contribution in [0.25, 0.3) is 0 Å². The molecule has 3 heterocycles. The van der Waals surface area contributed by atoms with Gasteiger partial charge in [-0.1, -0.05) is 53.7 Å². The Bertz CT molecular complexity index is 1730. The molecule has 2 amide bonds. The highest BCUT2D eigenvalue weighted by Gasteiger charge is 2.54. The summed E-state index contributed by atoms with van der Waals surface area (Å²) in [5.74, 6) is -2.18. The molecule has 2 aromatic carbocycles. The van der Waals surface area contributed by atoms with E-state index >= 15 is 0 Å². The van der Waals surface area contributed by atoms with Gasteiger partial charge in [0.15, 0.2) is 11.5 Å². The van der Waals surface area contributed by atoms with Gasteiger partial charge in [-0.05, 0) is 30.5 Å². The first-order chi connectivity index (χ1) is 21.8. The summed E-state index contributed by atoms with van der Waals surface area (Å²) in [4.78, 5) is 49.9. The molecule has 1 aromatic heterocycles. The van der Waals surface area contributed by atoms with Gasteiger partial charge < -0.3 is 36.0 Å². The van der Waals surface area contributed by atoms with Crippen LogP contribution in [0.2, 0.25) is 0 Å². The van der Waals surface area contributed by atoms with Gasteiger partial charge in [-0.2, -0.15) is 0 Å². The summed E-state index contributed by atoms with van der Waals surface area (Å²) in [5.41, 5.74) is 6.29. The molecule has 244 valence electrons. The van der Waals surface area contributed by atoms with Crippen LogP contribution in [0.5, 0.6) is 0 Å². The number of aliphatic carboxylic acids is 1. The molecule has 15 nitrogen and oxygen atoms in total. The topological polar surface area (TPSA) is 218 Å². The number of aromatic nitrogens is 2. The number of aromatic amines is 1. The minimum Gasteiger partial charge on any atom is -0.479 e. The van der Waals surface area contributed by atoms with Gasteiger partial charge in [-0.3, -0.25) is 9.69 Å². The number of nitrogens with two attached hydrogens (primary N) is 1. The van der Waals surface area contributed by atoms with Gasteiger partial charge in [0.05, 0.1) is 24.0 Å². The minimum absolute atomic E-state index is 0.0349. The van der Waals surface area contributed by atoms with Crippen LogP contribution in [0.1, 0.15) is 29.5 Å². The molecule has 0 saturated carbocycles. The van der Waals surface area contributed by atoms with Crippen LogP contribution in [0.3, 0.4) is 0 Å². The van der Waals surface area contributed by atoms with Crippen molar-refractivity contribution in [3.05, 3.63) is 77.6 Å². The molecular weight excluding hydrogens is 618 g/mol. The molecule has 5 rings (SSSR count). The second kappa shape index (κ2) is 12.8. The molecule has 46 heavy (non-hydrogen) atoms. The third-order valence-corrected chi connectivity index (χ3v) is 10.5. The van der Waals surface area contributed by atoms with Crippen LogP contribution in [0, 0.1) is 13.8 Å². The zero-order valence-electron chi connectivity index (χ0n) is 25.2. The summed E-state index contributed by atoms with van der Waals surface area (Å²) in [6.45, 7) is 2.52. The molecule has 3 aromatic rings. The smallest absolute Gasteiger partial charge is 0.410 e. The van der Waals surface area contributed by atoms with E-state index in [1.807, 2.05) is 30.3 Å². The lowest BCUT2D eigenvalue weighted by molar-refractivity contribution is -0.139. The Kier molecular flexibility index (Phi) is 9.03. The van der Waals surface area contributed by atoms with Crippen molar-refractivity contribution >= 4 is 39.5 Å². The maximum Gasteiger partial charge on any atom is 0.410 e. The first-order valence-electron chi connectivity index (χ1n) is 14.4. The van der Waals surface area contributed by atoms with Crippen molar-refractivity contribution in [3.8, 4) is 0 Å². The number of sulfone groups is 1. The minimum atomic E-state index is -4.66. The molecule has 2 aliphatic rings. The molecular formula is C30H35N7O8S. The van der Waals surface area contributed by atoms with E-state index in [0.29, 0.717) is 17.1 Å². The fraction of sp³-hybridized carbons (Fsp3) is 0.367. The van der Waals surface area contributed by atoms with Gasteiger partial charge in [0, 0.05) is 31.8 Å². The van der Waals surface area contributed by atoms with Gasteiger partial charge in [-0.15, -0.1) is 0 Å². The third kappa shape index (κ3) is 6.39. The largest absolute Gasteiger partial charge is 0.479 e. The number of aryl methyl sites for hydroxylation is 2. The van der Waals surface area contributed by atoms with Crippen LogP contribution >= 0.6 is 0 Å². The Morgan fingerprint density at radius 3 is 2.54 bits per heavy atom. The molecule has 6 N–H and O–H groups in total. The molecule has 1 fully saturated rings. The van der Waals surface area contributed by atoms with Crippen molar-refractivity contribution in [2.75, 3.05) is 25.0 Å². The SMILES string of the molecule is Cc1cccc(C)c1S(=O)(=O)[C@@](N)(CNC(=O)C1=NOC2(C1)CC(CNc1ncc[nH]1)N(C(=O)OCc1ccccc1)C2)C(=O)O. The number of nitrogens with one attached hydrogen (secondary N) is 3. The number of likely N-dealkylation sites (tertiary alicyclic amines) is 1. The number of hydrogen-bond donors (Lipinski definition) is 5. The number of rotatable bonds is 11. The van der Waals surface area contributed by atoms with Crippen molar-refractivity contribution in [3.63, 3.8) is 0 Å². The fourth-order valence-electron chi connectivity index (χ4n) is 5.66. The number of amides is 2. The van der Waals surface area contributed by atoms with Gasteiger partial charge in [0.25, 0.3) is 5.91 Å². The molecule has 2 aliphatic heterocycles. The van der Waals surface area contributed by atoms with Crippen molar-refractivity contribution in [2.24, 2.45) is 10.9 Å². The highest BCUT2D eigenvalue weighted by atomic mass is 32.2. The summed E-state index contributed by atoms with van der Waals surface area (Å²) in [7, 11) is -4.66. The highest BCUT2D eigenvalue weighted by molar-refractivity contribution is 7.93. The number of oxime groups is 1. The van der Waals surface area contributed by atoms with Gasteiger partial charge >= 0.3 is 12.1 Å². The zero-order valence-corrected chi connectivity index (χ0v) is 26.0. The lowest BCUT2D eigenvalue weighted by Crippen LogP contribution is -2.62. The second-order valence-electron chi connectivity index (χ2n) is 11.4. The number of carbonyl (C=O) groups is 3.